The summed E-state index contributed by atoms with van der Waals surface area (Å²) >= 11 is 9.06. The lowest BCUT2D eigenvalue weighted by molar-refractivity contribution is -0.197. The largest absolute Gasteiger partial charge is 0.421 e. The number of hydroxylamine groups is 2. The smallest absolute Gasteiger partial charge is 0.339 e. The number of hydrogen-bond donors (Lipinski definition) is 4. The second-order valence-electron chi connectivity index (χ2n) is 8.58. The summed E-state index contributed by atoms with van der Waals surface area (Å²) in [6, 6.07) is 3.51. The summed E-state index contributed by atoms with van der Waals surface area (Å²) < 4.78 is 5.47. The second-order valence-corrected chi connectivity index (χ2v) is 9.69. The topological polar surface area (TPSA) is 149 Å². The van der Waals surface area contributed by atoms with Crippen LogP contribution in [0.4, 0.5) is 5.69 Å². The van der Waals surface area contributed by atoms with Gasteiger partial charge in [-0.2, -0.15) is 12.6 Å². The van der Waals surface area contributed by atoms with Gasteiger partial charge in [0.25, 0.3) is 11.8 Å². The fraction of sp³-hybridized carbons (Fsp3) is 0.435. The normalized spacial score (nSPS) is 18.1. The Morgan fingerprint density at radius 2 is 1.91 bits per heavy atom. The Morgan fingerprint density at radius 1 is 1.20 bits per heavy atom. The first kappa shape index (κ1) is 25.1. The molecule has 4 rings (SSSR count). The van der Waals surface area contributed by atoms with E-state index >= 15 is 0 Å². The maximum absolute atomic E-state index is 12.5. The van der Waals surface area contributed by atoms with Crippen molar-refractivity contribution < 1.29 is 28.4 Å². The van der Waals surface area contributed by atoms with Gasteiger partial charge in [-0.15, -0.1) is 17.7 Å². The van der Waals surface area contributed by atoms with Gasteiger partial charge in [-0.05, 0) is 42.9 Å². The average Bonchev–Trinajstić information content (AvgIpc) is 3.40. The number of benzene rings is 1. The van der Waals surface area contributed by atoms with Gasteiger partial charge in [0.05, 0.1) is 4.90 Å². The first-order chi connectivity index (χ1) is 16.7. The van der Waals surface area contributed by atoms with Gasteiger partial charge in [0.1, 0.15) is 0 Å². The van der Waals surface area contributed by atoms with Crippen molar-refractivity contribution in [1.82, 2.24) is 10.4 Å². The molecule has 1 aliphatic carbocycles. The number of imide groups is 1. The highest BCUT2D eigenvalue weighted by atomic mass is 32.1. The Hall–Kier alpha value is -2.99. The molecule has 0 radical (unpaired) electrons. The molecule has 2 unspecified atom stereocenters. The quantitative estimate of drug-likeness (QED) is 0.136. The average molecular weight is 520 g/mol. The third kappa shape index (κ3) is 5.18. The van der Waals surface area contributed by atoms with Gasteiger partial charge in [0.2, 0.25) is 5.91 Å². The van der Waals surface area contributed by atoms with Gasteiger partial charge in [-0.3, -0.25) is 14.4 Å². The lowest BCUT2D eigenvalue weighted by Gasteiger charge is -2.20. The van der Waals surface area contributed by atoms with E-state index in [0.717, 1.165) is 10.9 Å². The molecule has 1 aliphatic heterocycles. The van der Waals surface area contributed by atoms with Crippen molar-refractivity contribution in [1.29, 1.82) is 0 Å². The first-order valence-electron chi connectivity index (χ1n) is 11.3. The minimum absolute atomic E-state index is 0.0308. The van der Waals surface area contributed by atoms with E-state index in [-0.39, 0.29) is 55.7 Å². The zero-order chi connectivity index (χ0) is 25.3. The van der Waals surface area contributed by atoms with Gasteiger partial charge in [0, 0.05) is 54.1 Å². The molecule has 0 bridgehead atoms. The molecule has 1 fully saturated rings. The molecule has 3 amide bonds. The molecule has 2 heterocycles. The third-order valence-corrected chi connectivity index (χ3v) is 7.24. The third-order valence-electron chi connectivity index (χ3n) is 6.23. The predicted molar refractivity (Wildman–Crippen MR) is 132 cm³/mol. The number of anilines is 1. The van der Waals surface area contributed by atoms with Crippen molar-refractivity contribution >= 4 is 65.6 Å². The number of carbonyl (C=O) groups excluding carboxylic acids is 4. The number of nitrogens with two attached hydrogens (primary N) is 1. The molecule has 3 N–H and O–H groups in total. The summed E-state index contributed by atoms with van der Waals surface area (Å²) in [6.07, 6.45) is 1.59. The van der Waals surface area contributed by atoms with Crippen LogP contribution in [0.3, 0.4) is 0 Å². The fourth-order valence-electron chi connectivity index (χ4n) is 4.49. The highest BCUT2D eigenvalue weighted by Crippen LogP contribution is 2.42. The van der Waals surface area contributed by atoms with Crippen LogP contribution in [0.5, 0.6) is 0 Å². The van der Waals surface area contributed by atoms with Crippen molar-refractivity contribution in [2.75, 3.05) is 12.3 Å². The van der Waals surface area contributed by atoms with Gasteiger partial charge >= 0.3 is 11.6 Å². The van der Waals surface area contributed by atoms with Crippen LogP contribution in [0.2, 0.25) is 0 Å². The SMILES string of the molecule is Nc1ccc2c3c(c(=O)oc2c1S)CCC3C(S)CC(=O)NCCCC(=O)ON1C(=O)CCC1=O. The highest BCUT2D eigenvalue weighted by Gasteiger charge is 2.34. The number of thiol groups is 2. The van der Waals surface area contributed by atoms with Crippen LogP contribution in [0.25, 0.3) is 11.0 Å². The Labute approximate surface area is 211 Å². The summed E-state index contributed by atoms with van der Waals surface area (Å²) in [5.41, 5.74) is 7.63. The van der Waals surface area contributed by atoms with Crippen LogP contribution < -0.4 is 16.7 Å². The van der Waals surface area contributed by atoms with Gasteiger partial charge in [-0.1, -0.05) is 0 Å². The summed E-state index contributed by atoms with van der Waals surface area (Å²) in [5, 5.41) is 3.64. The summed E-state index contributed by atoms with van der Waals surface area (Å²) in [7, 11) is 0. The van der Waals surface area contributed by atoms with E-state index in [2.05, 4.69) is 30.6 Å². The summed E-state index contributed by atoms with van der Waals surface area (Å²) in [5.74, 6) is -2.17. The Kier molecular flexibility index (Phi) is 7.41. The molecule has 10 nitrogen and oxygen atoms in total. The molecule has 2 aromatic rings. The van der Waals surface area contributed by atoms with E-state index < -0.39 is 23.4 Å². The number of hydrogen-bond acceptors (Lipinski definition) is 10. The molecular formula is C23H25N3O7S2. The summed E-state index contributed by atoms with van der Waals surface area (Å²) in [6.45, 7) is 0.215. The Bertz CT molecular complexity index is 1260. The van der Waals surface area contributed by atoms with E-state index in [0.29, 0.717) is 39.6 Å². The lowest BCUT2D eigenvalue weighted by atomic mass is 9.92. The van der Waals surface area contributed by atoms with Crippen molar-refractivity contribution in [2.24, 2.45) is 0 Å². The number of fused-ring (bicyclic) bond motifs is 3. The van der Waals surface area contributed by atoms with Crippen LogP contribution in [-0.4, -0.2) is 40.5 Å². The van der Waals surface area contributed by atoms with Crippen LogP contribution in [-0.2, 0) is 30.4 Å². The van der Waals surface area contributed by atoms with E-state index in [1.54, 1.807) is 12.1 Å². The maximum Gasteiger partial charge on any atom is 0.339 e. The molecule has 35 heavy (non-hydrogen) atoms. The minimum atomic E-state index is -0.715. The lowest BCUT2D eigenvalue weighted by Crippen LogP contribution is -2.32. The fourth-order valence-corrected chi connectivity index (χ4v) is 5.19. The van der Waals surface area contributed by atoms with Gasteiger partial charge in [0.15, 0.2) is 5.58 Å². The molecule has 186 valence electrons. The van der Waals surface area contributed by atoms with E-state index in [4.69, 9.17) is 15.0 Å². The van der Waals surface area contributed by atoms with E-state index in [1.165, 1.54) is 0 Å². The molecule has 0 spiro atoms. The van der Waals surface area contributed by atoms with Crippen molar-refractivity contribution in [3.8, 4) is 0 Å². The van der Waals surface area contributed by atoms with Crippen LogP contribution in [0.1, 0.15) is 55.6 Å². The number of carbonyl (C=O) groups is 4. The number of nitrogens with one attached hydrogen (secondary N) is 1. The maximum atomic E-state index is 12.5. The zero-order valence-electron chi connectivity index (χ0n) is 18.7. The highest BCUT2D eigenvalue weighted by molar-refractivity contribution is 7.81. The Morgan fingerprint density at radius 3 is 2.63 bits per heavy atom. The molecule has 0 saturated carbocycles. The van der Waals surface area contributed by atoms with Gasteiger partial charge in [-0.25, -0.2) is 9.59 Å². The molecule has 12 heteroatoms. The molecule has 2 aliphatic rings. The Balaban J connectivity index is 1.31. The van der Waals surface area contributed by atoms with Crippen molar-refractivity contribution in [2.45, 2.75) is 61.0 Å². The van der Waals surface area contributed by atoms with Crippen LogP contribution in [0, 0.1) is 0 Å². The minimum Gasteiger partial charge on any atom is -0.421 e. The standard InChI is InChI=1S/C23H25N3O7S2/c24-14-6-5-12-20-11(3-4-13(20)23(31)32-21(12)22(14)35)15(34)10-16(27)25-9-1-2-19(30)33-26-17(28)7-8-18(26)29/h5-6,11,15,34-35H,1-4,7-10,24H2,(H,25,27). The predicted octanol–water partition coefficient (Wildman–Crippen LogP) is 1.89. The molecule has 1 aromatic heterocycles. The van der Waals surface area contributed by atoms with Crippen LogP contribution >= 0.6 is 25.3 Å². The van der Waals surface area contributed by atoms with Crippen molar-refractivity contribution in [3.63, 3.8) is 0 Å². The monoisotopic (exact) mass is 519 g/mol. The number of rotatable bonds is 8. The number of nitrogens with zero attached hydrogens (tertiary/aromatic N) is 1. The molecule has 2 atom stereocenters. The van der Waals surface area contributed by atoms with Crippen molar-refractivity contribution in [3.05, 3.63) is 33.7 Å². The van der Waals surface area contributed by atoms with Crippen LogP contribution in [0.15, 0.2) is 26.2 Å². The second kappa shape index (κ2) is 10.3. The zero-order valence-corrected chi connectivity index (χ0v) is 20.5. The van der Waals surface area contributed by atoms with E-state index in [1.807, 2.05) is 0 Å². The molecule has 1 aromatic carbocycles. The summed E-state index contributed by atoms with van der Waals surface area (Å²) in [4.78, 5) is 65.0. The number of amides is 3. The number of nitrogen functional groups attached to an aromatic ring is 1. The van der Waals surface area contributed by atoms with Gasteiger partial charge < -0.3 is 20.3 Å². The van der Waals surface area contributed by atoms with E-state index in [9.17, 15) is 24.0 Å². The molecule has 1 saturated heterocycles. The molecular weight excluding hydrogens is 494 g/mol. The first-order valence-corrected chi connectivity index (χ1v) is 12.2.